The van der Waals surface area contributed by atoms with Crippen molar-refractivity contribution in [1.29, 1.82) is 0 Å². The van der Waals surface area contributed by atoms with Crippen molar-refractivity contribution in [3.8, 4) is 0 Å². The van der Waals surface area contributed by atoms with Gasteiger partial charge in [-0.3, -0.25) is 4.79 Å². The first-order valence-electron chi connectivity index (χ1n) is 13.0. The zero-order valence-electron chi connectivity index (χ0n) is 22.0. The van der Waals surface area contributed by atoms with Gasteiger partial charge in [0.05, 0.1) is 22.3 Å². The number of nitrogens with zero attached hydrogens (tertiary/aromatic N) is 1. The molecule has 1 heterocycles. The highest BCUT2D eigenvalue weighted by Crippen LogP contribution is 2.39. The lowest BCUT2D eigenvalue weighted by Crippen LogP contribution is -2.31. The zero-order chi connectivity index (χ0) is 28.4. The maximum Gasteiger partial charge on any atom is 0.416 e. The number of benzene rings is 3. The predicted octanol–water partition coefficient (Wildman–Crippen LogP) is 7.56. The van der Waals surface area contributed by atoms with Crippen LogP contribution in [0.25, 0.3) is 22.6 Å². The van der Waals surface area contributed by atoms with Crippen LogP contribution in [0.1, 0.15) is 53.0 Å². The summed E-state index contributed by atoms with van der Waals surface area (Å²) in [5.74, 6) is -1.19. The SMILES string of the molecule is CC1C/C(=C\c2ccccc2)c2nc3ccccc3c(C(=O)OC(C)C(=O)Nc3cccc(C(F)(F)F)c3)c2C1. The molecule has 0 saturated heterocycles. The number of nitrogens with one attached hydrogen (secondary N) is 1. The van der Waals surface area contributed by atoms with E-state index in [1.165, 1.54) is 19.1 Å². The number of esters is 1. The molecular formula is C32H27F3N2O3. The van der Waals surface area contributed by atoms with Crippen molar-refractivity contribution in [1.82, 2.24) is 4.98 Å². The average molecular weight is 545 g/mol. The van der Waals surface area contributed by atoms with Crippen LogP contribution in [-0.4, -0.2) is 23.0 Å². The minimum Gasteiger partial charge on any atom is -0.449 e. The number of alkyl halides is 3. The summed E-state index contributed by atoms with van der Waals surface area (Å²) in [7, 11) is 0. The van der Waals surface area contributed by atoms with E-state index in [2.05, 4.69) is 18.3 Å². The van der Waals surface area contributed by atoms with E-state index in [1.807, 2.05) is 48.5 Å². The van der Waals surface area contributed by atoms with E-state index in [0.717, 1.165) is 40.9 Å². The lowest BCUT2D eigenvalue weighted by Gasteiger charge is -2.27. The number of halogens is 3. The van der Waals surface area contributed by atoms with Crippen LogP contribution in [0.2, 0.25) is 0 Å². The molecule has 2 unspecified atom stereocenters. The third-order valence-corrected chi connectivity index (χ3v) is 6.87. The maximum atomic E-state index is 13.7. The third kappa shape index (κ3) is 5.76. The molecule has 5 rings (SSSR count). The van der Waals surface area contributed by atoms with Crippen LogP contribution in [0, 0.1) is 5.92 Å². The Morgan fingerprint density at radius 1 is 1.00 bits per heavy atom. The Balaban J connectivity index is 1.47. The number of fused-ring (bicyclic) bond motifs is 2. The van der Waals surface area contributed by atoms with E-state index in [9.17, 15) is 22.8 Å². The number of allylic oxidation sites excluding steroid dienone is 1. The second-order valence-corrected chi connectivity index (χ2v) is 10.0. The van der Waals surface area contributed by atoms with Crippen molar-refractivity contribution in [2.75, 3.05) is 5.32 Å². The monoisotopic (exact) mass is 544 g/mol. The first-order valence-corrected chi connectivity index (χ1v) is 13.0. The van der Waals surface area contributed by atoms with Crippen molar-refractivity contribution >= 4 is 40.1 Å². The van der Waals surface area contributed by atoms with E-state index in [1.54, 1.807) is 6.07 Å². The number of amides is 1. The molecule has 1 aliphatic carbocycles. The van der Waals surface area contributed by atoms with Gasteiger partial charge in [-0.05, 0) is 72.7 Å². The summed E-state index contributed by atoms with van der Waals surface area (Å²) in [5, 5.41) is 3.03. The van der Waals surface area contributed by atoms with Crippen LogP contribution in [-0.2, 0) is 22.1 Å². The summed E-state index contributed by atoms with van der Waals surface area (Å²) in [5.41, 5.74) is 3.57. The molecule has 5 nitrogen and oxygen atoms in total. The van der Waals surface area contributed by atoms with Crippen LogP contribution in [0.15, 0.2) is 78.9 Å². The van der Waals surface area contributed by atoms with Crippen LogP contribution < -0.4 is 5.32 Å². The number of carbonyl (C=O) groups excluding carboxylic acids is 2. The van der Waals surface area contributed by atoms with E-state index in [0.29, 0.717) is 22.9 Å². The highest BCUT2D eigenvalue weighted by Gasteiger charge is 2.32. The quantitative estimate of drug-likeness (QED) is 0.263. The van der Waals surface area contributed by atoms with E-state index >= 15 is 0 Å². The fourth-order valence-corrected chi connectivity index (χ4v) is 5.01. The molecule has 0 bridgehead atoms. The Hall–Kier alpha value is -4.46. The molecule has 2 atom stereocenters. The van der Waals surface area contributed by atoms with Gasteiger partial charge in [0.25, 0.3) is 5.91 Å². The number of ether oxygens (including phenoxy) is 1. The van der Waals surface area contributed by atoms with Crippen molar-refractivity contribution in [2.24, 2.45) is 5.92 Å². The number of hydrogen-bond acceptors (Lipinski definition) is 4. The van der Waals surface area contributed by atoms with E-state index in [4.69, 9.17) is 9.72 Å². The van der Waals surface area contributed by atoms with Gasteiger partial charge >= 0.3 is 12.1 Å². The van der Waals surface area contributed by atoms with E-state index < -0.39 is 29.7 Å². The van der Waals surface area contributed by atoms with Crippen molar-refractivity contribution in [3.63, 3.8) is 0 Å². The number of para-hydroxylation sites is 1. The molecule has 0 saturated carbocycles. The van der Waals surface area contributed by atoms with Gasteiger partial charge in [-0.25, -0.2) is 9.78 Å². The summed E-state index contributed by atoms with van der Waals surface area (Å²) >= 11 is 0. The summed E-state index contributed by atoms with van der Waals surface area (Å²) < 4.78 is 44.8. The second kappa shape index (κ2) is 11.0. The van der Waals surface area contributed by atoms with Crippen molar-refractivity contribution in [2.45, 2.75) is 39.0 Å². The normalized spacial score (nSPS) is 16.8. The Bertz CT molecular complexity index is 1610. The van der Waals surface area contributed by atoms with Crippen LogP contribution in [0.4, 0.5) is 18.9 Å². The molecule has 40 heavy (non-hydrogen) atoms. The Morgan fingerprint density at radius 3 is 2.48 bits per heavy atom. The van der Waals surface area contributed by atoms with Gasteiger partial charge < -0.3 is 10.1 Å². The van der Waals surface area contributed by atoms with Gasteiger partial charge in [0.15, 0.2) is 6.10 Å². The predicted molar refractivity (Wildman–Crippen MR) is 148 cm³/mol. The van der Waals surface area contributed by atoms with Gasteiger partial charge in [0.1, 0.15) is 0 Å². The number of carbonyl (C=O) groups is 2. The van der Waals surface area contributed by atoms with Gasteiger partial charge in [0, 0.05) is 11.1 Å². The molecule has 204 valence electrons. The first-order chi connectivity index (χ1) is 19.1. The minimum atomic E-state index is -4.55. The highest BCUT2D eigenvalue weighted by atomic mass is 19.4. The summed E-state index contributed by atoms with van der Waals surface area (Å²) in [4.78, 5) is 31.4. The molecular weight excluding hydrogens is 517 g/mol. The topological polar surface area (TPSA) is 68.3 Å². The molecule has 1 aromatic heterocycles. The first kappa shape index (κ1) is 27.1. The molecule has 8 heteroatoms. The molecule has 0 spiro atoms. The largest absolute Gasteiger partial charge is 0.449 e. The van der Waals surface area contributed by atoms with Crippen molar-refractivity contribution in [3.05, 3.63) is 107 Å². The maximum absolute atomic E-state index is 13.7. The molecule has 0 aliphatic heterocycles. The van der Waals surface area contributed by atoms with Gasteiger partial charge in [-0.2, -0.15) is 13.2 Å². The summed E-state index contributed by atoms with van der Waals surface area (Å²) in [6.07, 6.45) is -2.33. The molecule has 4 aromatic rings. The Kier molecular flexibility index (Phi) is 7.43. The molecule has 3 aromatic carbocycles. The molecule has 1 N–H and O–H groups in total. The van der Waals surface area contributed by atoms with Crippen LogP contribution in [0.3, 0.4) is 0 Å². The zero-order valence-corrected chi connectivity index (χ0v) is 22.0. The number of pyridine rings is 1. The molecule has 1 aliphatic rings. The Labute approximate surface area is 229 Å². The molecule has 0 radical (unpaired) electrons. The number of rotatable bonds is 5. The average Bonchev–Trinajstić information content (AvgIpc) is 2.92. The van der Waals surface area contributed by atoms with Gasteiger partial charge in [-0.15, -0.1) is 0 Å². The molecule has 1 amide bonds. The van der Waals surface area contributed by atoms with Gasteiger partial charge in [-0.1, -0.05) is 61.5 Å². The summed E-state index contributed by atoms with van der Waals surface area (Å²) in [6.45, 7) is 3.50. The number of aromatic nitrogens is 1. The van der Waals surface area contributed by atoms with E-state index in [-0.39, 0.29) is 11.6 Å². The van der Waals surface area contributed by atoms with Crippen molar-refractivity contribution < 1.29 is 27.5 Å². The lowest BCUT2D eigenvalue weighted by molar-refractivity contribution is -0.137. The minimum absolute atomic E-state index is 0.0426. The number of hydrogen-bond donors (Lipinski definition) is 1. The summed E-state index contributed by atoms with van der Waals surface area (Å²) in [6, 6.07) is 21.5. The smallest absolute Gasteiger partial charge is 0.416 e. The fraction of sp³-hybridized carbons (Fsp3) is 0.219. The fourth-order valence-electron chi connectivity index (χ4n) is 5.01. The standard InChI is InChI=1S/C32H27F3N2O3/c1-19-15-22(17-21-9-4-3-5-10-21)29-26(16-19)28(25-13-6-7-14-27(25)37-29)31(39)40-20(2)30(38)36-24-12-8-11-23(18-24)32(33,34)35/h3-14,17-20H,15-16H2,1-2H3,(H,36,38)/b22-17+. The number of anilines is 1. The highest BCUT2D eigenvalue weighted by molar-refractivity contribution is 6.07. The second-order valence-electron chi connectivity index (χ2n) is 10.0. The molecule has 0 fully saturated rings. The van der Waals surface area contributed by atoms with Gasteiger partial charge in [0.2, 0.25) is 0 Å². The van der Waals surface area contributed by atoms with Crippen LogP contribution in [0.5, 0.6) is 0 Å². The Morgan fingerprint density at radius 2 is 1.73 bits per heavy atom. The van der Waals surface area contributed by atoms with Crippen LogP contribution >= 0.6 is 0 Å². The third-order valence-electron chi connectivity index (χ3n) is 6.87. The lowest BCUT2D eigenvalue weighted by atomic mass is 9.80.